The van der Waals surface area contributed by atoms with Crippen molar-refractivity contribution < 1.29 is 4.39 Å². The summed E-state index contributed by atoms with van der Waals surface area (Å²) in [5.74, 6) is -0.282. The molecule has 0 saturated heterocycles. The number of aromatic nitrogens is 2. The predicted molar refractivity (Wildman–Crippen MR) is 50.4 cm³/mol. The normalized spacial score (nSPS) is 11.1. The molecule has 2 aromatic rings. The van der Waals surface area contributed by atoms with Crippen LogP contribution >= 0.6 is 11.6 Å². The van der Waals surface area contributed by atoms with Gasteiger partial charge in [0.15, 0.2) is 0 Å². The molecule has 0 radical (unpaired) electrons. The average molecular weight is 199 g/mol. The Morgan fingerprint density at radius 1 is 1.46 bits per heavy atom. The van der Waals surface area contributed by atoms with Gasteiger partial charge in [-0.05, 0) is 18.6 Å². The quantitative estimate of drug-likeness (QED) is 0.637. The van der Waals surface area contributed by atoms with Crippen LogP contribution in [0.15, 0.2) is 12.1 Å². The van der Waals surface area contributed by atoms with Crippen LogP contribution in [0, 0.1) is 12.7 Å². The largest absolute Gasteiger partial charge is 0.256 e. The highest BCUT2D eigenvalue weighted by molar-refractivity contribution is 6.34. The van der Waals surface area contributed by atoms with Crippen LogP contribution in [-0.4, -0.2) is 9.78 Å². The number of nitrogens with zero attached hydrogens (tertiary/aromatic N) is 2. The molecule has 68 valence electrons. The lowest BCUT2D eigenvalue weighted by Gasteiger charge is -1.96. The highest BCUT2D eigenvalue weighted by Gasteiger charge is 2.12. The third-order valence-corrected chi connectivity index (χ3v) is 2.49. The van der Waals surface area contributed by atoms with Crippen molar-refractivity contribution in [2.75, 3.05) is 0 Å². The second kappa shape index (κ2) is 2.70. The van der Waals surface area contributed by atoms with Crippen molar-refractivity contribution in [2.24, 2.45) is 7.05 Å². The molecule has 0 amide bonds. The van der Waals surface area contributed by atoms with Gasteiger partial charge in [0.1, 0.15) is 11.0 Å². The molecular weight excluding hydrogens is 191 g/mol. The number of hydrogen-bond acceptors (Lipinski definition) is 1. The molecule has 0 aliphatic carbocycles. The fourth-order valence-electron chi connectivity index (χ4n) is 1.32. The monoisotopic (exact) mass is 198 g/mol. The van der Waals surface area contributed by atoms with Crippen molar-refractivity contribution in [1.82, 2.24) is 9.78 Å². The Bertz CT molecular complexity index is 476. The summed E-state index contributed by atoms with van der Waals surface area (Å²) in [4.78, 5) is 0. The third-order valence-electron chi connectivity index (χ3n) is 2.06. The van der Waals surface area contributed by atoms with Gasteiger partial charge < -0.3 is 0 Å². The second-order valence-corrected chi connectivity index (χ2v) is 3.36. The molecule has 1 aromatic carbocycles. The van der Waals surface area contributed by atoms with Gasteiger partial charge in [0.25, 0.3) is 0 Å². The third kappa shape index (κ3) is 1.11. The van der Waals surface area contributed by atoms with Crippen LogP contribution in [0.3, 0.4) is 0 Å². The number of fused-ring (bicyclic) bond motifs is 1. The van der Waals surface area contributed by atoms with Gasteiger partial charge in [0.2, 0.25) is 0 Å². The standard InChI is InChI=1S/C9H8ClFN2/c1-5-3-4-6-7(8(5)11)9(10)13(2)12-6/h3-4H,1-2H3. The zero-order chi connectivity index (χ0) is 9.59. The van der Waals surface area contributed by atoms with Crippen LogP contribution in [0.4, 0.5) is 4.39 Å². The van der Waals surface area contributed by atoms with Gasteiger partial charge >= 0.3 is 0 Å². The van der Waals surface area contributed by atoms with E-state index in [0.29, 0.717) is 21.6 Å². The van der Waals surface area contributed by atoms with Crippen LogP contribution in [0.1, 0.15) is 5.56 Å². The van der Waals surface area contributed by atoms with Gasteiger partial charge in [-0.3, -0.25) is 4.68 Å². The minimum Gasteiger partial charge on any atom is -0.256 e. The highest BCUT2D eigenvalue weighted by atomic mass is 35.5. The molecule has 0 spiro atoms. The molecule has 0 atom stereocenters. The van der Waals surface area contributed by atoms with E-state index in [1.807, 2.05) is 0 Å². The fraction of sp³-hybridized carbons (Fsp3) is 0.222. The summed E-state index contributed by atoms with van der Waals surface area (Å²) in [6.07, 6.45) is 0. The molecule has 0 N–H and O–H groups in total. The lowest BCUT2D eigenvalue weighted by Crippen LogP contribution is -1.88. The number of halogens is 2. The maximum atomic E-state index is 13.5. The molecule has 2 rings (SSSR count). The Hall–Kier alpha value is -1.09. The maximum absolute atomic E-state index is 13.5. The van der Waals surface area contributed by atoms with Crippen molar-refractivity contribution >= 4 is 22.5 Å². The molecule has 2 nitrogen and oxygen atoms in total. The Morgan fingerprint density at radius 3 is 2.85 bits per heavy atom. The number of aryl methyl sites for hydroxylation is 2. The molecule has 13 heavy (non-hydrogen) atoms. The minimum absolute atomic E-state index is 0.282. The topological polar surface area (TPSA) is 17.8 Å². The fourth-order valence-corrected chi connectivity index (χ4v) is 1.53. The van der Waals surface area contributed by atoms with Crippen molar-refractivity contribution in [3.05, 3.63) is 28.7 Å². The van der Waals surface area contributed by atoms with Crippen LogP contribution in [0.5, 0.6) is 0 Å². The highest BCUT2D eigenvalue weighted by Crippen LogP contribution is 2.26. The molecule has 0 aliphatic rings. The lowest BCUT2D eigenvalue weighted by atomic mass is 10.2. The van der Waals surface area contributed by atoms with E-state index < -0.39 is 0 Å². The van der Waals surface area contributed by atoms with Crippen molar-refractivity contribution in [2.45, 2.75) is 6.92 Å². The van der Waals surface area contributed by atoms with Crippen LogP contribution in [-0.2, 0) is 7.05 Å². The molecule has 0 bridgehead atoms. The zero-order valence-electron chi connectivity index (χ0n) is 7.31. The van der Waals surface area contributed by atoms with Crippen LogP contribution < -0.4 is 0 Å². The van der Waals surface area contributed by atoms with Gasteiger partial charge in [0.05, 0.1) is 10.9 Å². The summed E-state index contributed by atoms with van der Waals surface area (Å²) in [5.41, 5.74) is 1.18. The van der Waals surface area contributed by atoms with E-state index in [4.69, 9.17) is 11.6 Å². The predicted octanol–water partition coefficient (Wildman–Crippen LogP) is 2.67. The van der Waals surface area contributed by atoms with E-state index in [1.54, 1.807) is 26.1 Å². The molecule has 1 aromatic heterocycles. The number of hydrogen-bond donors (Lipinski definition) is 0. The van der Waals surface area contributed by atoms with Gasteiger partial charge in [-0.25, -0.2) is 4.39 Å². The Kier molecular flexibility index (Phi) is 1.77. The zero-order valence-corrected chi connectivity index (χ0v) is 8.06. The van der Waals surface area contributed by atoms with Crippen molar-refractivity contribution in [3.63, 3.8) is 0 Å². The maximum Gasteiger partial charge on any atom is 0.138 e. The first-order chi connectivity index (χ1) is 6.11. The van der Waals surface area contributed by atoms with E-state index in [1.165, 1.54) is 4.68 Å². The first-order valence-electron chi connectivity index (χ1n) is 3.88. The molecule has 0 fully saturated rings. The summed E-state index contributed by atoms with van der Waals surface area (Å²) in [5, 5.41) is 4.81. The van der Waals surface area contributed by atoms with E-state index in [0.717, 1.165) is 0 Å². The molecule has 4 heteroatoms. The summed E-state index contributed by atoms with van der Waals surface area (Å²) < 4.78 is 15.0. The van der Waals surface area contributed by atoms with Gasteiger partial charge in [-0.2, -0.15) is 5.10 Å². The SMILES string of the molecule is Cc1ccc2nn(C)c(Cl)c2c1F. The van der Waals surface area contributed by atoms with Crippen LogP contribution in [0.2, 0.25) is 5.15 Å². The van der Waals surface area contributed by atoms with Crippen LogP contribution in [0.25, 0.3) is 10.9 Å². The van der Waals surface area contributed by atoms with E-state index in [9.17, 15) is 4.39 Å². The van der Waals surface area contributed by atoms with Gasteiger partial charge in [-0.1, -0.05) is 17.7 Å². The summed E-state index contributed by atoms with van der Waals surface area (Å²) >= 11 is 5.88. The first-order valence-corrected chi connectivity index (χ1v) is 4.26. The molecular formula is C9H8ClFN2. The van der Waals surface area contributed by atoms with E-state index >= 15 is 0 Å². The second-order valence-electron chi connectivity index (χ2n) is 3.00. The van der Waals surface area contributed by atoms with Gasteiger partial charge in [0, 0.05) is 7.05 Å². The van der Waals surface area contributed by atoms with Gasteiger partial charge in [-0.15, -0.1) is 0 Å². The number of rotatable bonds is 0. The molecule has 1 heterocycles. The van der Waals surface area contributed by atoms with Crippen molar-refractivity contribution in [1.29, 1.82) is 0 Å². The molecule has 0 saturated carbocycles. The average Bonchev–Trinajstić information content (AvgIpc) is 2.37. The first kappa shape index (κ1) is 8.51. The summed E-state index contributed by atoms with van der Waals surface area (Å²) in [7, 11) is 1.69. The van der Waals surface area contributed by atoms with E-state index in [2.05, 4.69) is 5.10 Å². The van der Waals surface area contributed by atoms with E-state index in [-0.39, 0.29) is 5.82 Å². The molecule has 0 unspecified atom stereocenters. The Balaban J connectivity index is 2.97. The summed E-state index contributed by atoms with van der Waals surface area (Å²) in [6.45, 7) is 1.71. The summed E-state index contributed by atoms with van der Waals surface area (Å²) in [6, 6.07) is 3.46. The number of benzene rings is 1. The molecule has 0 aliphatic heterocycles. The Labute approximate surface area is 79.9 Å². The smallest absolute Gasteiger partial charge is 0.138 e. The lowest BCUT2D eigenvalue weighted by molar-refractivity contribution is 0.630. The van der Waals surface area contributed by atoms with Crippen molar-refractivity contribution in [3.8, 4) is 0 Å². The Morgan fingerprint density at radius 2 is 2.15 bits per heavy atom. The minimum atomic E-state index is -0.282.